The van der Waals surface area contributed by atoms with Gasteiger partial charge in [-0.15, -0.1) is 0 Å². The van der Waals surface area contributed by atoms with Crippen molar-refractivity contribution in [2.75, 3.05) is 19.6 Å². The van der Waals surface area contributed by atoms with Crippen molar-refractivity contribution >= 4 is 17.7 Å². The Morgan fingerprint density at radius 2 is 2.11 bits per heavy atom. The molecule has 7 nitrogen and oxygen atoms in total. The molecule has 1 spiro atoms. The monoisotopic (exact) mass is 383 g/mol. The van der Waals surface area contributed by atoms with E-state index >= 15 is 0 Å². The summed E-state index contributed by atoms with van der Waals surface area (Å²) >= 11 is 0. The zero-order chi connectivity index (χ0) is 19.5. The standard InChI is InChI=1S/C21H25N3O4/c1-20-7-6-13(10-15(20)19(27)24-9-8-22-17(25)11-24)21(12-20)23-18(26)14-4-2-3-5-16(14)28-21/h2-5,13,15H,6-12H2,1H3,(H,22,25)(H,23,26)/t13-,15+,20-,21-/m0/s1. The predicted molar refractivity (Wildman–Crippen MR) is 100 cm³/mol. The number of piperazine rings is 1. The first-order chi connectivity index (χ1) is 13.4. The molecule has 1 aromatic rings. The summed E-state index contributed by atoms with van der Waals surface area (Å²) in [4.78, 5) is 39.4. The highest BCUT2D eigenvalue weighted by Crippen LogP contribution is 2.59. The second kappa shape index (κ2) is 5.96. The maximum atomic E-state index is 13.2. The van der Waals surface area contributed by atoms with E-state index in [9.17, 15) is 14.4 Å². The lowest BCUT2D eigenvalue weighted by atomic mass is 9.52. The lowest BCUT2D eigenvalue weighted by molar-refractivity contribution is -0.175. The number of ether oxygens (including phenoxy) is 1. The van der Waals surface area contributed by atoms with Gasteiger partial charge in [0.05, 0.1) is 12.1 Å². The van der Waals surface area contributed by atoms with Crippen molar-refractivity contribution in [1.29, 1.82) is 0 Å². The number of fused-ring (bicyclic) bond motifs is 3. The summed E-state index contributed by atoms with van der Waals surface area (Å²) in [6, 6.07) is 7.32. The van der Waals surface area contributed by atoms with E-state index in [-0.39, 0.29) is 41.5 Å². The highest BCUT2D eigenvalue weighted by atomic mass is 16.5. The Kier molecular flexibility index (Phi) is 3.73. The van der Waals surface area contributed by atoms with Gasteiger partial charge < -0.3 is 20.3 Å². The molecule has 2 aliphatic heterocycles. The molecule has 2 bridgehead atoms. The van der Waals surface area contributed by atoms with Gasteiger partial charge in [0.25, 0.3) is 5.91 Å². The average molecular weight is 383 g/mol. The van der Waals surface area contributed by atoms with Gasteiger partial charge in [-0.1, -0.05) is 19.1 Å². The van der Waals surface area contributed by atoms with Crippen LogP contribution in [0.5, 0.6) is 5.75 Å². The molecule has 2 heterocycles. The summed E-state index contributed by atoms with van der Waals surface area (Å²) in [6.45, 7) is 3.35. The van der Waals surface area contributed by atoms with Gasteiger partial charge >= 0.3 is 0 Å². The summed E-state index contributed by atoms with van der Waals surface area (Å²) in [5.41, 5.74) is -0.444. The zero-order valence-corrected chi connectivity index (χ0v) is 16.0. The zero-order valence-electron chi connectivity index (χ0n) is 16.0. The highest BCUT2D eigenvalue weighted by molar-refractivity contribution is 5.98. The molecule has 5 aliphatic rings. The van der Waals surface area contributed by atoms with Crippen LogP contribution in [0.4, 0.5) is 0 Å². The Morgan fingerprint density at radius 1 is 1.29 bits per heavy atom. The van der Waals surface area contributed by atoms with Gasteiger partial charge in [0.15, 0.2) is 5.72 Å². The van der Waals surface area contributed by atoms with E-state index in [0.717, 1.165) is 12.8 Å². The Labute approximate surface area is 163 Å². The van der Waals surface area contributed by atoms with Crippen LogP contribution in [-0.4, -0.2) is 48.0 Å². The molecule has 0 unspecified atom stereocenters. The molecule has 28 heavy (non-hydrogen) atoms. The second-order valence-electron chi connectivity index (χ2n) is 8.91. The summed E-state index contributed by atoms with van der Waals surface area (Å²) in [5.74, 6) is 0.437. The second-order valence-corrected chi connectivity index (χ2v) is 8.91. The van der Waals surface area contributed by atoms with Crippen molar-refractivity contribution in [1.82, 2.24) is 15.5 Å². The van der Waals surface area contributed by atoms with E-state index in [2.05, 4.69) is 17.6 Å². The Bertz CT molecular complexity index is 871. The number of carbonyl (C=O) groups excluding carboxylic acids is 3. The SMILES string of the molecule is C[C@@]12CC[C@@H](C[C@@H]1C(=O)N1CCNC(=O)C1)[C@@]1(C2)NC(=O)c2ccccc2O1. The molecule has 2 N–H and O–H groups in total. The third-order valence-electron chi connectivity index (χ3n) is 7.15. The van der Waals surface area contributed by atoms with Gasteiger partial charge in [-0.3, -0.25) is 14.4 Å². The van der Waals surface area contributed by atoms with Gasteiger partial charge in [-0.2, -0.15) is 0 Å². The number of para-hydroxylation sites is 1. The molecule has 3 amide bonds. The molecule has 1 saturated heterocycles. The minimum atomic E-state index is -0.742. The molecule has 3 aliphatic carbocycles. The number of nitrogens with one attached hydrogen (secondary N) is 2. The number of amides is 3. The first kappa shape index (κ1) is 17.5. The fraction of sp³-hybridized carbons (Fsp3) is 0.571. The molecule has 7 heteroatoms. The Morgan fingerprint density at radius 3 is 2.89 bits per heavy atom. The Hall–Kier alpha value is -2.57. The minimum Gasteiger partial charge on any atom is -0.467 e. The van der Waals surface area contributed by atoms with Gasteiger partial charge in [0, 0.05) is 31.3 Å². The average Bonchev–Trinajstić information content (AvgIpc) is 2.67. The van der Waals surface area contributed by atoms with Crippen LogP contribution in [0.25, 0.3) is 0 Å². The summed E-state index contributed by atoms with van der Waals surface area (Å²) in [6.07, 6.45) is 3.14. The van der Waals surface area contributed by atoms with Gasteiger partial charge in [0.1, 0.15) is 5.75 Å². The summed E-state index contributed by atoms with van der Waals surface area (Å²) < 4.78 is 6.40. The number of benzene rings is 1. The third-order valence-corrected chi connectivity index (χ3v) is 7.15. The molecule has 4 atom stereocenters. The fourth-order valence-electron chi connectivity index (χ4n) is 5.68. The minimum absolute atomic E-state index is 0.0689. The van der Waals surface area contributed by atoms with E-state index in [1.807, 2.05) is 18.2 Å². The lowest BCUT2D eigenvalue weighted by Gasteiger charge is -2.60. The van der Waals surface area contributed by atoms with Gasteiger partial charge in [-0.05, 0) is 36.8 Å². The number of hydrogen-bond donors (Lipinski definition) is 2. The lowest BCUT2D eigenvalue weighted by Crippen LogP contribution is -2.69. The van der Waals surface area contributed by atoms with E-state index in [0.29, 0.717) is 37.2 Å². The van der Waals surface area contributed by atoms with Crippen molar-refractivity contribution in [3.63, 3.8) is 0 Å². The van der Waals surface area contributed by atoms with Crippen LogP contribution in [-0.2, 0) is 9.59 Å². The quantitative estimate of drug-likeness (QED) is 0.765. The van der Waals surface area contributed by atoms with Crippen molar-refractivity contribution in [2.24, 2.45) is 17.3 Å². The molecule has 4 fully saturated rings. The first-order valence-electron chi connectivity index (χ1n) is 10.1. The summed E-state index contributed by atoms with van der Waals surface area (Å²) in [7, 11) is 0. The van der Waals surface area contributed by atoms with E-state index in [1.54, 1.807) is 11.0 Å². The van der Waals surface area contributed by atoms with Crippen LogP contribution in [0.1, 0.15) is 43.0 Å². The predicted octanol–water partition coefficient (Wildman–Crippen LogP) is 1.29. The fourth-order valence-corrected chi connectivity index (χ4v) is 5.68. The van der Waals surface area contributed by atoms with Crippen molar-refractivity contribution in [3.8, 4) is 5.75 Å². The molecule has 3 saturated carbocycles. The van der Waals surface area contributed by atoms with E-state index in [4.69, 9.17) is 4.74 Å². The molecular weight excluding hydrogens is 358 g/mol. The molecule has 0 radical (unpaired) electrons. The molecule has 6 rings (SSSR count). The Balaban J connectivity index is 1.42. The van der Waals surface area contributed by atoms with Gasteiger partial charge in [0.2, 0.25) is 11.8 Å². The van der Waals surface area contributed by atoms with Crippen LogP contribution in [0.2, 0.25) is 0 Å². The first-order valence-corrected chi connectivity index (χ1v) is 10.1. The van der Waals surface area contributed by atoms with Crippen LogP contribution in [0.15, 0.2) is 24.3 Å². The van der Waals surface area contributed by atoms with Crippen LogP contribution < -0.4 is 15.4 Å². The van der Waals surface area contributed by atoms with E-state index in [1.165, 1.54) is 0 Å². The van der Waals surface area contributed by atoms with Gasteiger partial charge in [-0.25, -0.2) is 0 Å². The normalized spacial score (nSPS) is 36.4. The maximum Gasteiger partial charge on any atom is 0.258 e. The number of nitrogens with zero attached hydrogens (tertiary/aromatic N) is 1. The van der Waals surface area contributed by atoms with Crippen LogP contribution >= 0.6 is 0 Å². The number of hydrogen-bond acceptors (Lipinski definition) is 4. The summed E-state index contributed by atoms with van der Waals surface area (Å²) in [5, 5.41) is 5.91. The molecule has 148 valence electrons. The van der Waals surface area contributed by atoms with E-state index < -0.39 is 5.72 Å². The van der Waals surface area contributed by atoms with Crippen LogP contribution in [0, 0.1) is 17.3 Å². The molecular formula is C21H25N3O4. The molecule has 1 aromatic carbocycles. The molecule has 0 aromatic heterocycles. The van der Waals surface area contributed by atoms with Crippen molar-refractivity contribution in [3.05, 3.63) is 29.8 Å². The van der Waals surface area contributed by atoms with Crippen LogP contribution in [0.3, 0.4) is 0 Å². The van der Waals surface area contributed by atoms with Crippen molar-refractivity contribution in [2.45, 2.75) is 38.3 Å². The maximum absolute atomic E-state index is 13.2. The largest absolute Gasteiger partial charge is 0.467 e. The van der Waals surface area contributed by atoms with Crippen molar-refractivity contribution < 1.29 is 19.1 Å². The smallest absolute Gasteiger partial charge is 0.258 e. The highest BCUT2D eigenvalue weighted by Gasteiger charge is 2.62. The topological polar surface area (TPSA) is 87.7 Å². The third kappa shape index (κ3) is 2.52. The number of carbonyl (C=O) groups is 3. The number of rotatable bonds is 1.